The van der Waals surface area contributed by atoms with Crippen molar-refractivity contribution in [3.8, 4) is 0 Å². The van der Waals surface area contributed by atoms with Crippen molar-refractivity contribution in [3.63, 3.8) is 0 Å². The minimum atomic E-state index is 0.664. The van der Waals surface area contributed by atoms with Gasteiger partial charge < -0.3 is 10.2 Å². The summed E-state index contributed by atoms with van der Waals surface area (Å²) >= 11 is 0. The molecule has 0 unspecified atom stereocenters. The zero-order valence-corrected chi connectivity index (χ0v) is 12.1. The van der Waals surface area contributed by atoms with Gasteiger partial charge in [-0.15, -0.1) is 5.10 Å². The lowest BCUT2D eigenvalue weighted by atomic mass is 10.2. The van der Waals surface area contributed by atoms with E-state index in [1.165, 1.54) is 12.8 Å². The van der Waals surface area contributed by atoms with Crippen LogP contribution in [0.25, 0.3) is 0 Å². The fourth-order valence-electron chi connectivity index (χ4n) is 1.65. The average molecular weight is 250 g/mol. The molecule has 4 nitrogen and oxygen atoms in total. The Morgan fingerprint density at radius 2 is 2.06 bits per heavy atom. The molecular formula is C14H26N4. The summed E-state index contributed by atoms with van der Waals surface area (Å²) in [7, 11) is 2.07. The Labute approximate surface area is 111 Å². The van der Waals surface area contributed by atoms with Crippen LogP contribution < -0.4 is 10.2 Å². The third-order valence-corrected chi connectivity index (χ3v) is 2.80. The lowest BCUT2D eigenvalue weighted by Crippen LogP contribution is -2.22. The van der Waals surface area contributed by atoms with Gasteiger partial charge in [0.15, 0.2) is 5.82 Å². The maximum atomic E-state index is 4.27. The van der Waals surface area contributed by atoms with Gasteiger partial charge in [-0.1, -0.05) is 27.2 Å². The number of aromatic nitrogens is 2. The van der Waals surface area contributed by atoms with Gasteiger partial charge in [-0.2, -0.15) is 5.10 Å². The molecule has 0 radical (unpaired) electrons. The molecule has 0 spiro atoms. The molecule has 1 N–H and O–H groups in total. The van der Waals surface area contributed by atoms with Gasteiger partial charge in [0.05, 0.1) is 5.69 Å². The molecule has 1 rings (SSSR count). The molecule has 0 saturated heterocycles. The van der Waals surface area contributed by atoms with Gasteiger partial charge >= 0.3 is 0 Å². The van der Waals surface area contributed by atoms with Gasteiger partial charge in [0.25, 0.3) is 0 Å². The highest BCUT2D eigenvalue weighted by atomic mass is 15.2. The Bertz CT molecular complexity index is 321. The molecule has 1 heterocycles. The summed E-state index contributed by atoms with van der Waals surface area (Å²) in [6, 6.07) is 4.10. The Balaban J connectivity index is 2.41. The zero-order chi connectivity index (χ0) is 13.4. The van der Waals surface area contributed by atoms with Gasteiger partial charge in [-0.05, 0) is 31.0 Å². The van der Waals surface area contributed by atoms with E-state index in [-0.39, 0.29) is 0 Å². The van der Waals surface area contributed by atoms with Crippen LogP contribution in [0.5, 0.6) is 0 Å². The number of hydrogen-bond acceptors (Lipinski definition) is 4. The molecule has 0 aliphatic heterocycles. The third kappa shape index (κ3) is 5.45. The summed E-state index contributed by atoms with van der Waals surface area (Å²) in [5.74, 6) is 1.62. The fourth-order valence-corrected chi connectivity index (χ4v) is 1.65. The predicted octanol–water partition coefficient (Wildman–Crippen LogP) is 2.46. The number of hydrogen-bond donors (Lipinski definition) is 1. The lowest BCUT2D eigenvalue weighted by Gasteiger charge is -2.17. The summed E-state index contributed by atoms with van der Waals surface area (Å²) in [4.78, 5) is 2.15. The smallest absolute Gasteiger partial charge is 0.150 e. The molecular weight excluding hydrogens is 224 g/mol. The highest BCUT2D eigenvalue weighted by molar-refractivity contribution is 5.35. The van der Waals surface area contributed by atoms with Crippen molar-refractivity contribution < 1.29 is 0 Å². The molecule has 18 heavy (non-hydrogen) atoms. The normalized spacial score (nSPS) is 10.9. The minimum absolute atomic E-state index is 0.664. The summed E-state index contributed by atoms with van der Waals surface area (Å²) in [5.41, 5.74) is 1.00. The highest BCUT2D eigenvalue weighted by Crippen LogP contribution is 2.08. The van der Waals surface area contributed by atoms with Gasteiger partial charge in [-0.3, -0.25) is 0 Å². The molecule has 0 bridgehead atoms. The number of nitrogens with zero attached hydrogens (tertiary/aromatic N) is 3. The molecule has 4 heteroatoms. The minimum Gasteiger partial charge on any atom is -0.358 e. The summed E-state index contributed by atoms with van der Waals surface area (Å²) in [6.07, 6.45) is 2.39. The van der Waals surface area contributed by atoms with Crippen molar-refractivity contribution in [2.45, 2.75) is 40.2 Å². The first-order valence-electron chi connectivity index (χ1n) is 6.88. The number of nitrogens with one attached hydrogen (secondary N) is 1. The van der Waals surface area contributed by atoms with E-state index in [0.29, 0.717) is 5.92 Å². The first-order chi connectivity index (χ1) is 8.63. The first kappa shape index (κ1) is 14.9. The summed E-state index contributed by atoms with van der Waals surface area (Å²) < 4.78 is 0. The molecule has 0 fully saturated rings. The van der Waals surface area contributed by atoms with Crippen LogP contribution in [0.2, 0.25) is 0 Å². The van der Waals surface area contributed by atoms with E-state index >= 15 is 0 Å². The van der Waals surface area contributed by atoms with Gasteiger partial charge in [0.1, 0.15) is 0 Å². The van der Waals surface area contributed by atoms with Crippen LogP contribution in [-0.2, 0) is 6.54 Å². The zero-order valence-electron chi connectivity index (χ0n) is 12.1. The number of anilines is 1. The van der Waals surface area contributed by atoms with E-state index in [1.54, 1.807) is 0 Å². The number of rotatable bonds is 8. The fraction of sp³-hybridized carbons (Fsp3) is 0.714. The van der Waals surface area contributed by atoms with E-state index in [1.807, 2.05) is 0 Å². The van der Waals surface area contributed by atoms with Gasteiger partial charge in [-0.25, -0.2) is 0 Å². The molecule has 0 saturated carbocycles. The van der Waals surface area contributed by atoms with E-state index in [2.05, 4.69) is 60.4 Å². The molecule has 0 atom stereocenters. The van der Waals surface area contributed by atoms with Crippen molar-refractivity contribution >= 4 is 5.82 Å². The van der Waals surface area contributed by atoms with E-state index in [4.69, 9.17) is 0 Å². The maximum Gasteiger partial charge on any atom is 0.150 e. The van der Waals surface area contributed by atoms with Crippen molar-refractivity contribution in [2.24, 2.45) is 5.92 Å². The molecule has 0 aliphatic rings. The van der Waals surface area contributed by atoms with Crippen molar-refractivity contribution in [1.29, 1.82) is 0 Å². The average Bonchev–Trinajstić information content (AvgIpc) is 2.36. The van der Waals surface area contributed by atoms with E-state index < -0.39 is 0 Å². The Kier molecular flexibility index (Phi) is 6.65. The van der Waals surface area contributed by atoms with Crippen LogP contribution in [0, 0.1) is 5.92 Å². The monoisotopic (exact) mass is 250 g/mol. The lowest BCUT2D eigenvalue weighted by molar-refractivity contribution is 0.546. The largest absolute Gasteiger partial charge is 0.358 e. The van der Waals surface area contributed by atoms with E-state index in [9.17, 15) is 0 Å². The second-order valence-corrected chi connectivity index (χ2v) is 5.18. The Morgan fingerprint density at radius 1 is 1.28 bits per heavy atom. The molecule has 0 aromatic carbocycles. The topological polar surface area (TPSA) is 41.0 Å². The van der Waals surface area contributed by atoms with Gasteiger partial charge in [0, 0.05) is 20.1 Å². The SMILES string of the molecule is CCCCN(C)c1ccc(CNCC(C)C)nn1. The molecule has 1 aromatic heterocycles. The first-order valence-corrected chi connectivity index (χ1v) is 6.88. The molecule has 102 valence electrons. The highest BCUT2D eigenvalue weighted by Gasteiger charge is 2.03. The van der Waals surface area contributed by atoms with Crippen LogP contribution in [0.4, 0.5) is 5.82 Å². The summed E-state index contributed by atoms with van der Waals surface area (Å²) in [6.45, 7) is 9.44. The Hall–Kier alpha value is -1.16. The van der Waals surface area contributed by atoms with Crippen molar-refractivity contribution in [3.05, 3.63) is 17.8 Å². The standard InChI is InChI=1S/C14H26N4/c1-5-6-9-18(4)14-8-7-13(16-17-14)11-15-10-12(2)3/h7-8,12,15H,5-6,9-11H2,1-4H3. The maximum absolute atomic E-state index is 4.27. The van der Waals surface area contributed by atoms with E-state index in [0.717, 1.165) is 31.1 Å². The van der Waals surface area contributed by atoms with Crippen LogP contribution in [0.15, 0.2) is 12.1 Å². The summed E-state index contributed by atoms with van der Waals surface area (Å²) in [5, 5.41) is 11.9. The quantitative estimate of drug-likeness (QED) is 0.769. The second-order valence-electron chi connectivity index (χ2n) is 5.18. The molecule has 0 aliphatic carbocycles. The molecule has 0 amide bonds. The van der Waals surface area contributed by atoms with Crippen LogP contribution in [-0.4, -0.2) is 30.3 Å². The second kappa shape index (κ2) is 8.03. The molecule has 1 aromatic rings. The van der Waals surface area contributed by atoms with Gasteiger partial charge in [0.2, 0.25) is 0 Å². The predicted molar refractivity (Wildman–Crippen MR) is 76.8 cm³/mol. The number of unbranched alkanes of at least 4 members (excludes halogenated alkanes) is 1. The van der Waals surface area contributed by atoms with Crippen molar-refractivity contribution in [1.82, 2.24) is 15.5 Å². The van der Waals surface area contributed by atoms with Crippen LogP contribution in [0.1, 0.15) is 39.3 Å². The Morgan fingerprint density at radius 3 is 2.61 bits per heavy atom. The third-order valence-electron chi connectivity index (χ3n) is 2.80. The van der Waals surface area contributed by atoms with Crippen molar-refractivity contribution in [2.75, 3.05) is 25.0 Å². The van der Waals surface area contributed by atoms with Crippen LogP contribution in [0.3, 0.4) is 0 Å². The van der Waals surface area contributed by atoms with Crippen LogP contribution >= 0.6 is 0 Å².